The number of hydrogen-bond donors (Lipinski definition) is 1. The second kappa shape index (κ2) is 8.39. The maximum Gasteiger partial charge on any atom is 0.264 e. The molecule has 0 saturated carbocycles. The highest BCUT2D eigenvalue weighted by Crippen LogP contribution is 2.32. The highest BCUT2D eigenvalue weighted by Gasteiger charge is 2.24. The molecule has 1 N–H and O–H groups in total. The lowest BCUT2D eigenvalue weighted by Gasteiger charge is -2.20. The molecular weight excluding hydrogens is 400 g/mol. The van der Waals surface area contributed by atoms with Crippen LogP contribution in [0.25, 0.3) is 16.3 Å². The smallest absolute Gasteiger partial charge is 0.264 e. The van der Waals surface area contributed by atoms with E-state index >= 15 is 0 Å². The Hall–Kier alpha value is -2.64. The zero-order chi connectivity index (χ0) is 20.4. The standard InChI is InChI=1S/C22H22N4OS2/c1-4-26(5-2)16-9-7-15(8-10-16)13-19-20(27)24-22(29-19)25-21-23-17-11-6-14(3)12-18(17)28-21/h6-13H,4-5H2,1-3H3,(H,23,24,25,27)/b19-13-. The van der Waals surface area contributed by atoms with E-state index in [1.54, 1.807) is 0 Å². The van der Waals surface area contributed by atoms with Gasteiger partial charge in [0.25, 0.3) is 5.91 Å². The minimum Gasteiger partial charge on any atom is -0.372 e. The summed E-state index contributed by atoms with van der Waals surface area (Å²) in [5.41, 5.74) is 4.31. The van der Waals surface area contributed by atoms with Gasteiger partial charge in [0.1, 0.15) is 0 Å². The van der Waals surface area contributed by atoms with Gasteiger partial charge in [0.15, 0.2) is 5.17 Å². The van der Waals surface area contributed by atoms with E-state index in [1.807, 2.05) is 30.3 Å². The number of thiazole rings is 1. The summed E-state index contributed by atoms with van der Waals surface area (Å²) in [5, 5.41) is 4.06. The van der Waals surface area contributed by atoms with Gasteiger partial charge in [-0.15, -0.1) is 0 Å². The molecule has 148 valence electrons. The summed E-state index contributed by atoms with van der Waals surface area (Å²) in [7, 11) is 0. The summed E-state index contributed by atoms with van der Waals surface area (Å²) in [5.74, 6) is -0.126. The van der Waals surface area contributed by atoms with E-state index in [-0.39, 0.29) is 5.91 Å². The van der Waals surface area contributed by atoms with Gasteiger partial charge in [0.2, 0.25) is 5.13 Å². The molecule has 1 saturated heterocycles. The Labute approximate surface area is 178 Å². The molecule has 0 radical (unpaired) electrons. The minimum atomic E-state index is -0.126. The first-order valence-corrected chi connectivity index (χ1v) is 11.2. The summed E-state index contributed by atoms with van der Waals surface area (Å²) in [4.78, 5) is 24.4. The molecule has 0 spiro atoms. The molecule has 1 aliphatic heterocycles. The molecule has 2 heterocycles. The third kappa shape index (κ3) is 4.36. The van der Waals surface area contributed by atoms with Crippen molar-refractivity contribution in [3.8, 4) is 0 Å². The van der Waals surface area contributed by atoms with E-state index in [1.165, 1.54) is 34.3 Å². The summed E-state index contributed by atoms with van der Waals surface area (Å²) in [6, 6.07) is 14.4. The molecule has 0 atom stereocenters. The van der Waals surface area contributed by atoms with Gasteiger partial charge in [0.05, 0.1) is 15.1 Å². The fraction of sp³-hybridized carbons (Fsp3) is 0.227. The largest absolute Gasteiger partial charge is 0.372 e. The second-order valence-corrected chi connectivity index (χ2v) is 8.75. The molecule has 1 amide bonds. The number of thioether (sulfide) groups is 1. The third-order valence-electron chi connectivity index (χ3n) is 4.70. The van der Waals surface area contributed by atoms with Crippen LogP contribution in [0.4, 0.5) is 10.8 Å². The molecule has 7 heteroatoms. The van der Waals surface area contributed by atoms with Gasteiger partial charge in [-0.1, -0.05) is 29.5 Å². The van der Waals surface area contributed by atoms with Crippen molar-refractivity contribution in [2.45, 2.75) is 20.8 Å². The van der Waals surface area contributed by atoms with Crippen LogP contribution in [0.3, 0.4) is 0 Å². The second-order valence-electron chi connectivity index (χ2n) is 6.71. The average Bonchev–Trinajstić information content (AvgIpc) is 3.26. The van der Waals surface area contributed by atoms with Gasteiger partial charge in [0, 0.05) is 18.8 Å². The Bertz CT molecular complexity index is 1110. The van der Waals surface area contributed by atoms with E-state index in [9.17, 15) is 4.79 Å². The maximum atomic E-state index is 12.4. The van der Waals surface area contributed by atoms with Gasteiger partial charge in [-0.3, -0.25) is 4.79 Å². The zero-order valence-electron chi connectivity index (χ0n) is 16.6. The van der Waals surface area contributed by atoms with E-state index < -0.39 is 0 Å². The van der Waals surface area contributed by atoms with E-state index in [2.05, 4.69) is 59.2 Å². The van der Waals surface area contributed by atoms with Crippen molar-refractivity contribution in [1.82, 2.24) is 10.3 Å². The fourth-order valence-electron chi connectivity index (χ4n) is 3.16. The highest BCUT2D eigenvalue weighted by molar-refractivity contribution is 8.18. The summed E-state index contributed by atoms with van der Waals surface area (Å²) >= 11 is 2.87. The van der Waals surface area contributed by atoms with Crippen molar-refractivity contribution < 1.29 is 4.79 Å². The molecule has 0 aliphatic carbocycles. The number of aryl methyl sites for hydroxylation is 1. The number of nitrogens with one attached hydrogen (secondary N) is 1. The number of amidine groups is 1. The number of carbonyl (C=O) groups excluding carboxylic acids is 1. The maximum absolute atomic E-state index is 12.4. The lowest BCUT2D eigenvalue weighted by Crippen LogP contribution is -2.21. The first kappa shape index (κ1) is 19.7. The number of benzene rings is 2. The number of rotatable bonds is 5. The van der Waals surface area contributed by atoms with Crippen LogP contribution >= 0.6 is 23.1 Å². The minimum absolute atomic E-state index is 0.126. The quantitative estimate of drug-likeness (QED) is 0.564. The van der Waals surface area contributed by atoms with Crippen LogP contribution in [0.5, 0.6) is 0 Å². The van der Waals surface area contributed by atoms with Crippen LogP contribution in [-0.2, 0) is 4.79 Å². The van der Waals surface area contributed by atoms with Gasteiger partial charge in [-0.05, 0) is 74.0 Å². The number of aliphatic imine (C=N–C) groups is 1. The van der Waals surface area contributed by atoms with Crippen molar-refractivity contribution >= 4 is 61.3 Å². The summed E-state index contributed by atoms with van der Waals surface area (Å²) in [6.07, 6.45) is 1.90. The molecule has 1 aromatic heterocycles. The molecule has 1 fully saturated rings. The third-order valence-corrected chi connectivity index (χ3v) is 6.52. The Morgan fingerprint density at radius 3 is 2.62 bits per heavy atom. The van der Waals surface area contributed by atoms with Gasteiger partial charge in [-0.2, -0.15) is 4.99 Å². The molecular formula is C22H22N4OS2. The Kier molecular flexibility index (Phi) is 5.69. The fourth-order valence-corrected chi connectivity index (χ4v) is 4.98. The first-order valence-electron chi connectivity index (χ1n) is 9.57. The number of aromatic nitrogens is 1. The van der Waals surface area contributed by atoms with Crippen molar-refractivity contribution in [3.05, 3.63) is 58.5 Å². The van der Waals surface area contributed by atoms with Crippen LogP contribution in [0, 0.1) is 6.92 Å². The number of amides is 1. The van der Waals surface area contributed by atoms with Crippen molar-refractivity contribution in [3.63, 3.8) is 0 Å². The zero-order valence-corrected chi connectivity index (χ0v) is 18.2. The normalized spacial score (nSPS) is 16.7. The Morgan fingerprint density at radius 1 is 1.14 bits per heavy atom. The van der Waals surface area contributed by atoms with Gasteiger partial charge in [-0.25, -0.2) is 4.98 Å². The van der Waals surface area contributed by atoms with Crippen LogP contribution in [0.15, 0.2) is 52.4 Å². The van der Waals surface area contributed by atoms with E-state index in [4.69, 9.17) is 0 Å². The molecule has 0 unspecified atom stereocenters. The number of anilines is 1. The topological polar surface area (TPSA) is 57.6 Å². The van der Waals surface area contributed by atoms with E-state index in [0.717, 1.165) is 28.9 Å². The molecule has 2 aromatic carbocycles. The predicted octanol–water partition coefficient (Wildman–Crippen LogP) is 5.34. The molecule has 29 heavy (non-hydrogen) atoms. The molecule has 4 rings (SSSR count). The van der Waals surface area contributed by atoms with Gasteiger partial charge < -0.3 is 10.2 Å². The summed E-state index contributed by atoms with van der Waals surface area (Å²) in [6.45, 7) is 8.29. The molecule has 3 aromatic rings. The van der Waals surface area contributed by atoms with Crippen LogP contribution in [-0.4, -0.2) is 29.1 Å². The van der Waals surface area contributed by atoms with Crippen LogP contribution < -0.4 is 10.2 Å². The molecule has 5 nitrogen and oxygen atoms in total. The monoisotopic (exact) mass is 422 g/mol. The van der Waals surface area contributed by atoms with Gasteiger partial charge >= 0.3 is 0 Å². The highest BCUT2D eigenvalue weighted by atomic mass is 32.2. The number of fused-ring (bicyclic) bond motifs is 1. The first-order chi connectivity index (χ1) is 14.1. The van der Waals surface area contributed by atoms with Crippen molar-refractivity contribution in [2.75, 3.05) is 18.0 Å². The van der Waals surface area contributed by atoms with Crippen molar-refractivity contribution in [2.24, 2.45) is 4.99 Å². The average molecular weight is 423 g/mol. The lowest BCUT2D eigenvalue weighted by atomic mass is 10.2. The van der Waals surface area contributed by atoms with Crippen LogP contribution in [0.1, 0.15) is 25.0 Å². The lowest BCUT2D eigenvalue weighted by molar-refractivity contribution is -0.115. The SMILES string of the molecule is CCN(CC)c1ccc(/C=C2\S/C(=N/c3nc4ccc(C)cc4s3)NC2=O)cc1. The molecule has 1 aliphatic rings. The van der Waals surface area contributed by atoms with Crippen LogP contribution in [0.2, 0.25) is 0 Å². The summed E-state index contributed by atoms with van der Waals surface area (Å²) < 4.78 is 1.10. The number of nitrogens with zero attached hydrogens (tertiary/aromatic N) is 3. The molecule has 0 bridgehead atoms. The number of hydrogen-bond acceptors (Lipinski definition) is 6. The number of carbonyl (C=O) groups is 1. The Morgan fingerprint density at radius 2 is 1.90 bits per heavy atom. The predicted molar refractivity (Wildman–Crippen MR) is 125 cm³/mol. The van der Waals surface area contributed by atoms with E-state index in [0.29, 0.717) is 15.2 Å². The Balaban J connectivity index is 1.53. The van der Waals surface area contributed by atoms with Crippen molar-refractivity contribution in [1.29, 1.82) is 0 Å².